The molecule has 158 valence electrons. The monoisotopic (exact) mass is 386 g/mol. The second kappa shape index (κ2) is 13.3. The predicted molar refractivity (Wildman–Crippen MR) is 106 cm³/mol. The number of carbonyl (C=O) groups excluding carboxylic acids is 1. The number of esters is 1. The van der Waals surface area contributed by atoms with Crippen LogP contribution in [0.4, 0.5) is 4.39 Å². The second-order valence-corrected chi connectivity index (χ2v) is 8.08. The van der Waals surface area contributed by atoms with Crippen molar-refractivity contribution in [2.45, 2.75) is 96.4 Å². The van der Waals surface area contributed by atoms with Gasteiger partial charge in [0.15, 0.2) is 0 Å². The van der Waals surface area contributed by atoms with Crippen molar-refractivity contribution in [1.82, 2.24) is 0 Å². The number of carbonyl (C=O) groups is 1. The number of halogens is 1. The summed E-state index contributed by atoms with van der Waals surface area (Å²) in [4.78, 5) is 11.1. The molecule has 2 N–H and O–H groups in total. The molecule has 1 unspecified atom stereocenters. The number of aliphatic hydroxyl groups excluding tert-OH is 2. The van der Waals surface area contributed by atoms with E-state index in [1.165, 1.54) is 7.11 Å². The number of hydrogen-bond acceptors (Lipinski definition) is 4. The normalized spacial score (nSPS) is 27.8. The summed E-state index contributed by atoms with van der Waals surface area (Å²) in [6, 6.07) is 0. The van der Waals surface area contributed by atoms with E-state index in [9.17, 15) is 19.4 Å². The lowest BCUT2D eigenvalue weighted by molar-refractivity contribution is -0.140. The number of ether oxygens (including phenoxy) is 1. The molecule has 0 aromatic carbocycles. The van der Waals surface area contributed by atoms with E-state index in [4.69, 9.17) is 0 Å². The van der Waals surface area contributed by atoms with Crippen molar-refractivity contribution in [3.05, 3.63) is 12.2 Å². The summed E-state index contributed by atoms with van der Waals surface area (Å²) in [5.41, 5.74) is 0. The van der Waals surface area contributed by atoms with E-state index in [1.807, 2.05) is 13.0 Å². The SMILES string of the molecule is CCCCC(C)[C@H](O)/C=C/[C@@H]1[C@@H](CCCCCCC(=O)OC)[C@H](F)C[C@H]1O. The van der Waals surface area contributed by atoms with Crippen molar-refractivity contribution in [2.24, 2.45) is 17.8 Å². The van der Waals surface area contributed by atoms with E-state index in [2.05, 4.69) is 11.7 Å². The van der Waals surface area contributed by atoms with E-state index >= 15 is 0 Å². The van der Waals surface area contributed by atoms with Gasteiger partial charge in [-0.05, 0) is 31.1 Å². The minimum atomic E-state index is -0.987. The second-order valence-electron chi connectivity index (χ2n) is 8.08. The Bertz CT molecular complexity index is 440. The fourth-order valence-electron chi connectivity index (χ4n) is 3.97. The lowest BCUT2D eigenvalue weighted by Gasteiger charge is -2.21. The molecule has 0 aromatic rings. The fourth-order valence-corrected chi connectivity index (χ4v) is 3.97. The van der Waals surface area contributed by atoms with Gasteiger partial charge in [-0.3, -0.25) is 4.79 Å². The summed E-state index contributed by atoms with van der Waals surface area (Å²) in [6.07, 6.45) is 9.48. The molecule has 0 aliphatic heterocycles. The molecule has 1 aliphatic rings. The first-order valence-electron chi connectivity index (χ1n) is 10.7. The summed E-state index contributed by atoms with van der Waals surface area (Å²) in [5, 5.41) is 20.5. The number of unbranched alkanes of at least 4 members (excludes halogenated alkanes) is 4. The maximum Gasteiger partial charge on any atom is 0.305 e. The number of hydrogen-bond donors (Lipinski definition) is 2. The Morgan fingerprint density at radius 1 is 1.26 bits per heavy atom. The summed E-state index contributed by atoms with van der Waals surface area (Å²) >= 11 is 0. The molecule has 1 aliphatic carbocycles. The number of rotatable bonds is 13. The quantitative estimate of drug-likeness (QED) is 0.276. The first-order chi connectivity index (χ1) is 12.9. The highest BCUT2D eigenvalue weighted by Gasteiger charge is 2.40. The van der Waals surface area contributed by atoms with Gasteiger partial charge in [0.05, 0.1) is 19.3 Å². The summed E-state index contributed by atoms with van der Waals surface area (Å²) in [6.45, 7) is 4.16. The first kappa shape index (κ1) is 24.1. The highest BCUT2D eigenvalue weighted by Crippen LogP contribution is 2.39. The number of alkyl halides is 1. The van der Waals surface area contributed by atoms with Crippen LogP contribution in [-0.4, -0.2) is 41.7 Å². The molecule has 0 bridgehead atoms. The fraction of sp³-hybridized carbons (Fsp3) is 0.864. The van der Waals surface area contributed by atoms with Crippen LogP contribution < -0.4 is 0 Å². The minimum Gasteiger partial charge on any atom is -0.469 e. The highest BCUT2D eigenvalue weighted by atomic mass is 19.1. The zero-order chi connectivity index (χ0) is 20.2. The van der Waals surface area contributed by atoms with Gasteiger partial charge in [-0.1, -0.05) is 58.1 Å². The van der Waals surface area contributed by atoms with Crippen LogP contribution >= 0.6 is 0 Å². The van der Waals surface area contributed by atoms with Gasteiger partial charge in [-0.2, -0.15) is 0 Å². The van der Waals surface area contributed by atoms with Crippen molar-refractivity contribution in [3.63, 3.8) is 0 Å². The van der Waals surface area contributed by atoms with Gasteiger partial charge in [-0.15, -0.1) is 0 Å². The molecular weight excluding hydrogens is 347 g/mol. The topological polar surface area (TPSA) is 66.8 Å². The molecule has 0 saturated heterocycles. The highest BCUT2D eigenvalue weighted by molar-refractivity contribution is 5.68. The Morgan fingerprint density at radius 2 is 1.96 bits per heavy atom. The summed E-state index contributed by atoms with van der Waals surface area (Å²) < 4.78 is 19.0. The van der Waals surface area contributed by atoms with Gasteiger partial charge in [-0.25, -0.2) is 4.39 Å². The molecule has 6 atom stereocenters. The van der Waals surface area contributed by atoms with E-state index in [1.54, 1.807) is 6.08 Å². The molecular formula is C22H39FO4. The lowest BCUT2D eigenvalue weighted by Crippen LogP contribution is -2.21. The van der Waals surface area contributed by atoms with Gasteiger partial charge >= 0.3 is 5.97 Å². The van der Waals surface area contributed by atoms with Crippen LogP contribution in [0, 0.1) is 17.8 Å². The maximum absolute atomic E-state index is 14.3. The van der Waals surface area contributed by atoms with Gasteiger partial charge in [0.25, 0.3) is 0 Å². The molecule has 1 saturated carbocycles. The molecule has 4 nitrogen and oxygen atoms in total. The van der Waals surface area contributed by atoms with Crippen molar-refractivity contribution in [3.8, 4) is 0 Å². The van der Waals surface area contributed by atoms with Crippen LogP contribution in [-0.2, 0) is 9.53 Å². The predicted octanol–water partition coefficient (Wildman–Crippen LogP) is 4.58. The van der Waals surface area contributed by atoms with Crippen LogP contribution in [0.2, 0.25) is 0 Å². The van der Waals surface area contributed by atoms with Crippen molar-refractivity contribution >= 4 is 5.97 Å². The molecule has 0 heterocycles. The van der Waals surface area contributed by atoms with Crippen molar-refractivity contribution < 1.29 is 24.1 Å². The minimum absolute atomic E-state index is 0.175. The summed E-state index contributed by atoms with van der Waals surface area (Å²) in [7, 11) is 1.39. The van der Waals surface area contributed by atoms with Crippen LogP contribution in [0.25, 0.3) is 0 Å². The summed E-state index contributed by atoms with van der Waals surface area (Å²) in [5.74, 6) is -0.415. The van der Waals surface area contributed by atoms with E-state index in [-0.39, 0.29) is 30.1 Å². The smallest absolute Gasteiger partial charge is 0.305 e. The number of methoxy groups -OCH3 is 1. The van der Waals surface area contributed by atoms with E-state index in [0.29, 0.717) is 6.42 Å². The average molecular weight is 387 g/mol. The largest absolute Gasteiger partial charge is 0.469 e. The molecule has 0 radical (unpaired) electrons. The Kier molecular flexibility index (Phi) is 11.8. The Hall–Kier alpha value is -0.940. The van der Waals surface area contributed by atoms with Crippen molar-refractivity contribution in [2.75, 3.05) is 7.11 Å². The van der Waals surface area contributed by atoms with Gasteiger partial charge in [0.1, 0.15) is 6.17 Å². The van der Waals surface area contributed by atoms with Gasteiger partial charge in [0, 0.05) is 18.8 Å². The zero-order valence-corrected chi connectivity index (χ0v) is 17.3. The molecule has 1 rings (SSSR count). The third kappa shape index (κ3) is 8.73. The van der Waals surface area contributed by atoms with Gasteiger partial charge in [0.2, 0.25) is 0 Å². The molecule has 5 heteroatoms. The van der Waals surface area contributed by atoms with E-state index in [0.717, 1.165) is 51.4 Å². The van der Waals surface area contributed by atoms with Crippen LogP contribution in [0.5, 0.6) is 0 Å². The number of aliphatic hydroxyl groups is 2. The average Bonchev–Trinajstić information content (AvgIpc) is 2.92. The third-order valence-corrected chi connectivity index (χ3v) is 5.89. The third-order valence-electron chi connectivity index (χ3n) is 5.89. The molecule has 27 heavy (non-hydrogen) atoms. The Labute approximate surface area is 164 Å². The Balaban J connectivity index is 2.43. The van der Waals surface area contributed by atoms with Crippen LogP contribution in [0.15, 0.2) is 12.2 Å². The Morgan fingerprint density at radius 3 is 2.63 bits per heavy atom. The molecule has 0 amide bonds. The van der Waals surface area contributed by atoms with Crippen molar-refractivity contribution in [1.29, 1.82) is 0 Å². The molecule has 0 spiro atoms. The molecule has 1 fully saturated rings. The van der Waals surface area contributed by atoms with E-state index < -0.39 is 18.4 Å². The van der Waals surface area contributed by atoms with Crippen LogP contribution in [0.1, 0.15) is 78.1 Å². The van der Waals surface area contributed by atoms with Gasteiger partial charge < -0.3 is 14.9 Å². The first-order valence-corrected chi connectivity index (χ1v) is 10.7. The standard InChI is InChI=1S/C22H39FO4/c1-4-5-10-16(2)20(24)14-13-18-17(19(23)15-21(18)25)11-8-6-7-9-12-22(26)27-3/h13-14,16-21,24-25H,4-12,15H2,1-3H3/b14-13+/t16?,17-,18-,19-,20-,21-/m1/s1. The zero-order valence-electron chi connectivity index (χ0n) is 17.3. The lowest BCUT2D eigenvalue weighted by atomic mass is 9.87. The molecule has 0 aromatic heterocycles. The maximum atomic E-state index is 14.3. The van der Waals surface area contributed by atoms with Crippen LogP contribution in [0.3, 0.4) is 0 Å².